The third-order valence-electron chi connectivity index (χ3n) is 3.45. The average Bonchev–Trinajstić information content (AvgIpc) is 2.51. The summed E-state index contributed by atoms with van der Waals surface area (Å²) < 4.78 is 64.7. The first-order chi connectivity index (χ1) is 12.1. The van der Waals surface area contributed by atoms with Crippen molar-refractivity contribution in [1.29, 1.82) is 0 Å². The summed E-state index contributed by atoms with van der Waals surface area (Å²) in [5.41, 5.74) is 0. The van der Waals surface area contributed by atoms with E-state index in [1.165, 1.54) is 18.2 Å². The second kappa shape index (κ2) is 7.22. The Bertz CT molecular complexity index is 1190. The zero-order valence-electron chi connectivity index (χ0n) is 12.7. The summed E-state index contributed by atoms with van der Waals surface area (Å²) in [6.07, 6.45) is 0. The van der Waals surface area contributed by atoms with Crippen LogP contribution in [0, 0.1) is 7.14 Å². The highest BCUT2D eigenvalue weighted by Crippen LogP contribution is 2.31. The van der Waals surface area contributed by atoms with Crippen LogP contribution in [0.2, 0.25) is 0 Å². The highest BCUT2D eigenvalue weighted by Gasteiger charge is 2.22. The molecule has 10 heteroatoms. The van der Waals surface area contributed by atoms with Crippen LogP contribution in [0.25, 0.3) is 10.8 Å². The van der Waals surface area contributed by atoms with E-state index < -0.39 is 25.1 Å². The highest BCUT2D eigenvalue weighted by molar-refractivity contribution is 14.1. The Morgan fingerprint density at radius 2 is 1.42 bits per heavy atom. The third kappa shape index (κ3) is 3.98. The molecule has 0 aliphatic rings. The molecule has 0 amide bonds. The van der Waals surface area contributed by atoms with Crippen LogP contribution in [0.4, 0.5) is 0 Å². The van der Waals surface area contributed by atoms with E-state index in [1.807, 2.05) is 0 Å². The first-order valence-corrected chi connectivity index (χ1v) is 11.9. The molecule has 0 saturated carbocycles. The molecule has 3 rings (SSSR count). The number of rotatable bonds is 4. The van der Waals surface area contributed by atoms with Gasteiger partial charge in [0.15, 0.2) is 0 Å². The van der Waals surface area contributed by atoms with E-state index in [2.05, 4.69) is 0 Å². The fourth-order valence-electron chi connectivity index (χ4n) is 2.41. The summed E-state index contributed by atoms with van der Waals surface area (Å²) in [6.45, 7) is 0. The van der Waals surface area contributed by atoms with Gasteiger partial charge in [0.2, 0.25) is 0 Å². The molecule has 26 heavy (non-hydrogen) atoms. The maximum Gasteiger partial charge on any atom is 0.339 e. The summed E-state index contributed by atoms with van der Waals surface area (Å²) >= 11 is 3.32. The lowest BCUT2D eigenvalue weighted by atomic mass is 10.1. The molecule has 0 unspecified atom stereocenters. The molecule has 0 saturated heterocycles. The lowest BCUT2D eigenvalue weighted by Gasteiger charge is -2.14. The van der Waals surface area contributed by atoms with Crippen molar-refractivity contribution in [1.82, 2.24) is 0 Å². The predicted molar refractivity (Wildman–Crippen MR) is 112 cm³/mol. The van der Waals surface area contributed by atoms with Crippen LogP contribution in [0.15, 0.2) is 64.4 Å². The molecule has 0 fully saturated rings. The molecule has 0 aliphatic carbocycles. The lowest BCUT2D eigenvalue weighted by Crippen LogP contribution is -2.11. The van der Waals surface area contributed by atoms with E-state index in [4.69, 9.17) is 4.18 Å². The number of halogens is 2. The van der Waals surface area contributed by atoms with Crippen molar-refractivity contribution >= 4 is 76.2 Å². The average molecular weight is 615 g/mol. The van der Waals surface area contributed by atoms with E-state index >= 15 is 0 Å². The van der Waals surface area contributed by atoms with Crippen molar-refractivity contribution in [2.75, 3.05) is 0 Å². The summed E-state index contributed by atoms with van der Waals surface area (Å²) in [5.74, 6) is -0.0702. The van der Waals surface area contributed by atoms with Crippen molar-refractivity contribution in [2.45, 2.75) is 9.79 Å². The van der Waals surface area contributed by atoms with Gasteiger partial charge in [-0.15, -0.1) is 0 Å². The zero-order valence-corrected chi connectivity index (χ0v) is 18.7. The van der Waals surface area contributed by atoms with Crippen LogP contribution in [0.1, 0.15) is 0 Å². The smallest absolute Gasteiger partial charge is 0.339 e. The Morgan fingerprint density at radius 3 is 2.04 bits per heavy atom. The van der Waals surface area contributed by atoms with E-state index in [0.717, 1.165) is 5.39 Å². The minimum atomic E-state index is -4.68. The van der Waals surface area contributed by atoms with Crippen molar-refractivity contribution in [3.63, 3.8) is 0 Å². The van der Waals surface area contributed by atoms with Crippen molar-refractivity contribution in [3.05, 3.63) is 61.7 Å². The minimum Gasteiger partial charge on any atom is -0.744 e. The van der Waals surface area contributed by atoms with Gasteiger partial charge in [0.1, 0.15) is 20.8 Å². The molecule has 0 aromatic heterocycles. The molecule has 136 valence electrons. The maximum atomic E-state index is 12.7. The van der Waals surface area contributed by atoms with Gasteiger partial charge >= 0.3 is 10.1 Å². The van der Waals surface area contributed by atoms with Crippen LogP contribution < -0.4 is 4.18 Å². The lowest BCUT2D eigenvalue weighted by molar-refractivity contribution is 0.461. The Balaban J connectivity index is 2.08. The SMILES string of the molecule is O=S(=O)([O-])c1c(I)cc(OS(=O)(=O)c2cccc3ccccc23)cc1I. The molecule has 0 atom stereocenters. The Kier molecular flexibility index (Phi) is 5.50. The fraction of sp³-hybridized carbons (Fsp3) is 0. The van der Waals surface area contributed by atoms with Gasteiger partial charge in [-0.3, -0.25) is 0 Å². The maximum absolute atomic E-state index is 12.7. The van der Waals surface area contributed by atoms with E-state index in [1.54, 1.807) is 81.6 Å². The molecule has 0 bridgehead atoms. The van der Waals surface area contributed by atoms with Gasteiger partial charge in [-0.05, 0) is 68.8 Å². The van der Waals surface area contributed by atoms with Gasteiger partial charge in [0, 0.05) is 12.5 Å². The van der Waals surface area contributed by atoms with Crippen molar-refractivity contribution in [2.24, 2.45) is 0 Å². The second-order valence-electron chi connectivity index (χ2n) is 5.18. The number of hydrogen-bond donors (Lipinski definition) is 0. The van der Waals surface area contributed by atoms with Gasteiger partial charge in [-0.25, -0.2) is 8.42 Å². The highest BCUT2D eigenvalue weighted by atomic mass is 127. The Hall–Kier alpha value is -0.960. The zero-order chi connectivity index (χ0) is 19.1. The molecule has 0 heterocycles. The number of benzene rings is 3. The first kappa shape index (κ1) is 19.8. The van der Waals surface area contributed by atoms with Gasteiger partial charge in [-0.2, -0.15) is 8.42 Å². The van der Waals surface area contributed by atoms with E-state index in [-0.39, 0.29) is 17.8 Å². The topological polar surface area (TPSA) is 101 Å². The Labute approximate surface area is 177 Å². The van der Waals surface area contributed by atoms with Crippen LogP contribution in [-0.2, 0) is 20.2 Å². The summed E-state index contributed by atoms with van der Waals surface area (Å²) in [6, 6.07) is 14.2. The van der Waals surface area contributed by atoms with Gasteiger partial charge < -0.3 is 8.74 Å². The third-order valence-corrected chi connectivity index (χ3v) is 8.13. The summed E-state index contributed by atoms with van der Waals surface area (Å²) in [7, 11) is -8.83. The standard InChI is InChI=1S/C16H10I2O6S2/c17-13-8-11(9-14(18)16(13)25(19,20)21)24-26(22,23)15-7-3-5-10-4-1-2-6-12(10)15/h1-9H,(H,19,20,21)/p-1. The molecule has 6 nitrogen and oxygen atoms in total. The largest absolute Gasteiger partial charge is 0.744 e. The van der Waals surface area contributed by atoms with Crippen LogP contribution in [-0.4, -0.2) is 21.4 Å². The quantitative estimate of drug-likeness (QED) is 0.252. The fourth-order valence-corrected chi connectivity index (χ4v) is 7.47. The molecular formula is C16H9I2O6S2-. The molecule has 0 radical (unpaired) electrons. The van der Waals surface area contributed by atoms with Gasteiger partial charge in [-0.1, -0.05) is 36.4 Å². The molecule has 0 spiro atoms. The van der Waals surface area contributed by atoms with Gasteiger partial charge in [0.05, 0.1) is 4.90 Å². The van der Waals surface area contributed by atoms with Crippen LogP contribution >= 0.6 is 45.2 Å². The van der Waals surface area contributed by atoms with E-state index in [0.29, 0.717) is 5.39 Å². The van der Waals surface area contributed by atoms with E-state index in [9.17, 15) is 21.4 Å². The molecular weight excluding hydrogens is 606 g/mol. The molecule has 0 N–H and O–H groups in total. The van der Waals surface area contributed by atoms with Crippen molar-refractivity contribution in [3.8, 4) is 5.75 Å². The first-order valence-electron chi connectivity index (χ1n) is 6.97. The Morgan fingerprint density at radius 1 is 0.846 bits per heavy atom. The minimum absolute atomic E-state index is 0.00105. The monoisotopic (exact) mass is 615 g/mol. The number of fused-ring (bicyclic) bond motifs is 1. The normalized spacial score (nSPS) is 12.3. The molecule has 0 aliphatic heterocycles. The second-order valence-corrected chi connectivity index (χ2v) is 10.3. The summed E-state index contributed by atoms with van der Waals surface area (Å²) in [5, 5.41) is 1.26. The molecule has 3 aromatic rings. The van der Waals surface area contributed by atoms with Crippen LogP contribution in [0.5, 0.6) is 5.75 Å². The van der Waals surface area contributed by atoms with Crippen LogP contribution in [0.3, 0.4) is 0 Å². The van der Waals surface area contributed by atoms with Gasteiger partial charge in [0.25, 0.3) is 0 Å². The summed E-state index contributed by atoms with van der Waals surface area (Å²) in [4.78, 5) is -0.394. The van der Waals surface area contributed by atoms with Crippen molar-refractivity contribution < 1.29 is 25.6 Å². The predicted octanol–water partition coefficient (Wildman–Crippen LogP) is 3.72. The number of hydrogen-bond acceptors (Lipinski definition) is 6. The molecule has 3 aromatic carbocycles.